The van der Waals surface area contributed by atoms with Crippen molar-refractivity contribution in [2.24, 2.45) is 0 Å². The zero-order valence-electron chi connectivity index (χ0n) is 12.1. The number of hydrogen-bond donors (Lipinski definition) is 1. The number of nitrogen functional groups attached to an aromatic ring is 1. The van der Waals surface area contributed by atoms with Crippen molar-refractivity contribution in [1.82, 2.24) is 9.78 Å². The standard InChI is InChI=1S/C15H20N4O/c1-4-18-10-13(16)14(17-18)15(20)19(5-2)12-8-6-7-11(3)9-12/h6-10H,4-5,16H2,1-3H3. The van der Waals surface area contributed by atoms with Crippen LogP contribution in [0.1, 0.15) is 29.9 Å². The third-order valence-electron chi connectivity index (χ3n) is 3.19. The molecule has 1 amide bonds. The minimum atomic E-state index is -0.164. The van der Waals surface area contributed by atoms with E-state index in [1.165, 1.54) is 0 Å². The fourth-order valence-corrected chi connectivity index (χ4v) is 2.13. The van der Waals surface area contributed by atoms with E-state index in [2.05, 4.69) is 5.10 Å². The summed E-state index contributed by atoms with van der Waals surface area (Å²) in [4.78, 5) is 14.3. The van der Waals surface area contributed by atoms with Gasteiger partial charge in [0.15, 0.2) is 5.69 Å². The number of nitrogens with two attached hydrogens (primary N) is 1. The normalized spacial score (nSPS) is 10.6. The van der Waals surface area contributed by atoms with Crippen LogP contribution in [0.4, 0.5) is 11.4 Å². The summed E-state index contributed by atoms with van der Waals surface area (Å²) in [7, 11) is 0. The highest BCUT2D eigenvalue weighted by atomic mass is 16.2. The van der Waals surface area contributed by atoms with Gasteiger partial charge in [-0.3, -0.25) is 9.48 Å². The van der Waals surface area contributed by atoms with Gasteiger partial charge < -0.3 is 10.6 Å². The van der Waals surface area contributed by atoms with Gasteiger partial charge in [0.1, 0.15) is 0 Å². The summed E-state index contributed by atoms with van der Waals surface area (Å²) >= 11 is 0. The molecule has 2 aromatic rings. The lowest BCUT2D eigenvalue weighted by Gasteiger charge is -2.20. The van der Waals surface area contributed by atoms with Crippen LogP contribution in [0.3, 0.4) is 0 Å². The molecule has 1 heterocycles. The van der Waals surface area contributed by atoms with E-state index in [1.54, 1.807) is 15.8 Å². The number of benzene rings is 1. The van der Waals surface area contributed by atoms with Crippen LogP contribution >= 0.6 is 0 Å². The van der Waals surface area contributed by atoms with Gasteiger partial charge in [-0.2, -0.15) is 5.10 Å². The molecule has 0 fully saturated rings. The highest BCUT2D eigenvalue weighted by Gasteiger charge is 2.21. The van der Waals surface area contributed by atoms with Crippen LogP contribution in [0.25, 0.3) is 0 Å². The average molecular weight is 272 g/mol. The van der Waals surface area contributed by atoms with Crippen molar-refractivity contribution >= 4 is 17.3 Å². The SMILES string of the molecule is CCN(C(=O)c1nn(CC)cc1N)c1cccc(C)c1. The molecule has 0 aliphatic heterocycles. The van der Waals surface area contributed by atoms with E-state index in [0.29, 0.717) is 24.5 Å². The Bertz CT molecular complexity index is 618. The Morgan fingerprint density at radius 3 is 2.70 bits per heavy atom. The maximum atomic E-state index is 12.6. The van der Waals surface area contributed by atoms with Gasteiger partial charge >= 0.3 is 0 Å². The van der Waals surface area contributed by atoms with E-state index in [9.17, 15) is 4.79 Å². The summed E-state index contributed by atoms with van der Waals surface area (Å²) in [5, 5.41) is 4.25. The number of carbonyl (C=O) groups is 1. The Morgan fingerprint density at radius 2 is 2.15 bits per heavy atom. The first-order valence-corrected chi connectivity index (χ1v) is 6.78. The van der Waals surface area contributed by atoms with Crippen LogP contribution in [-0.2, 0) is 6.54 Å². The van der Waals surface area contributed by atoms with Crippen LogP contribution in [0.2, 0.25) is 0 Å². The Balaban J connectivity index is 2.36. The van der Waals surface area contributed by atoms with Crippen LogP contribution in [-0.4, -0.2) is 22.2 Å². The summed E-state index contributed by atoms with van der Waals surface area (Å²) in [6.45, 7) is 7.16. The van der Waals surface area contributed by atoms with Crippen molar-refractivity contribution in [2.45, 2.75) is 27.3 Å². The summed E-state index contributed by atoms with van der Waals surface area (Å²) in [5.41, 5.74) is 8.60. The monoisotopic (exact) mass is 272 g/mol. The van der Waals surface area contributed by atoms with Gasteiger partial charge in [-0.25, -0.2) is 0 Å². The predicted molar refractivity (Wildman–Crippen MR) is 80.8 cm³/mol. The fraction of sp³-hybridized carbons (Fsp3) is 0.333. The van der Waals surface area contributed by atoms with Gasteiger partial charge in [0.05, 0.1) is 5.69 Å². The molecule has 2 N–H and O–H groups in total. The van der Waals surface area contributed by atoms with Gasteiger partial charge in [-0.15, -0.1) is 0 Å². The molecule has 0 unspecified atom stereocenters. The summed E-state index contributed by atoms with van der Waals surface area (Å²) in [6.07, 6.45) is 1.69. The van der Waals surface area contributed by atoms with Crippen molar-refractivity contribution in [3.8, 4) is 0 Å². The lowest BCUT2D eigenvalue weighted by molar-refractivity contribution is 0.0983. The van der Waals surface area contributed by atoms with Gasteiger partial charge in [0, 0.05) is 25.0 Å². The molecule has 0 atom stereocenters. The van der Waals surface area contributed by atoms with Crippen molar-refractivity contribution in [1.29, 1.82) is 0 Å². The fourth-order valence-electron chi connectivity index (χ4n) is 2.13. The smallest absolute Gasteiger partial charge is 0.280 e. The molecule has 0 bridgehead atoms. The van der Waals surface area contributed by atoms with Crippen LogP contribution in [0, 0.1) is 6.92 Å². The van der Waals surface area contributed by atoms with Crippen molar-refractivity contribution in [2.75, 3.05) is 17.2 Å². The first kappa shape index (κ1) is 14.1. The molecule has 1 aromatic carbocycles. The second-order valence-electron chi connectivity index (χ2n) is 4.68. The van der Waals surface area contributed by atoms with E-state index in [1.807, 2.05) is 45.0 Å². The molecule has 0 aliphatic rings. The first-order chi connectivity index (χ1) is 9.56. The highest BCUT2D eigenvalue weighted by Crippen LogP contribution is 2.20. The Morgan fingerprint density at radius 1 is 1.40 bits per heavy atom. The predicted octanol–water partition coefficient (Wildman–Crippen LogP) is 2.46. The molecule has 5 heteroatoms. The number of anilines is 2. The number of hydrogen-bond acceptors (Lipinski definition) is 3. The lowest BCUT2D eigenvalue weighted by atomic mass is 10.2. The quantitative estimate of drug-likeness (QED) is 0.929. The maximum Gasteiger partial charge on any atom is 0.280 e. The molecule has 0 saturated carbocycles. The van der Waals surface area contributed by atoms with Gasteiger partial charge in [0.25, 0.3) is 5.91 Å². The van der Waals surface area contributed by atoms with Crippen molar-refractivity contribution in [3.63, 3.8) is 0 Å². The molecule has 20 heavy (non-hydrogen) atoms. The largest absolute Gasteiger partial charge is 0.396 e. The van der Waals surface area contributed by atoms with E-state index in [0.717, 1.165) is 11.3 Å². The van der Waals surface area contributed by atoms with E-state index in [-0.39, 0.29) is 5.91 Å². The summed E-state index contributed by atoms with van der Waals surface area (Å²) in [6, 6.07) is 7.84. The second-order valence-corrected chi connectivity index (χ2v) is 4.68. The number of nitrogens with zero attached hydrogens (tertiary/aromatic N) is 3. The molecule has 5 nitrogen and oxygen atoms in total. The molecule has 0 saturated heterocycles. The van der Waals surface area contributed by atoms with Gasteiger partial charge in [-0.05, 0) is 38.5 Å². The lowest BCUT2D eigenvalue weighted by Crippen LogP contribution is -2.31. The van der Waals surface area contributed by atoms with E-state index in [4.69, 9.17) is 5.73 Å². The van der Waals surface area contributed by atoms with Gasteiger partial charge in [0.2, 0.25) is 0 Å². The van der Waals surface area contributed by atoms with E-state index >= 15 is 0 Å². The molecule has 106 valence electrons. The topological polar surface area (TPSA) is 64.2 Å². The highest BCUT2D eigenvalue weighted by molar-refractivity contribution is 6.07. The molecule has 0 spiro atoms. The zero-order valence-corrected chi connectivity index (χ0v) is 12.1. The van der Waals surface area contributed by atoms with Crippen molar-refractivity contribution < 1.29 is 4.79 Å². The minimum absolute atomic E-state index is 0.164. The summed E-state index contributed by atoms with van der Waals surface area (Å²) in [5.74, 6) is -0.164. The average Bonchev–Trinajstić information content (AvgIpc) is 2.81. The number of aromatic nitrogens is 2. The Hall–Kier alpha value is -2.30. The minimum Gasteiger partial charge on any atom is -0.396 e. The number of rotatable bonds is 4. The summed E-state index contributed by atoms with van der Waals surface area (Å²) < 4.78 is 1.67. The molecular formula is C15H20N4O. The Kier molecular flexibility index (Phi) is 4.08. The third kappa shape index (κ3) is 2.66. The van der Waals surface area contributed by atoms with Gasteiger partial charge in [-0.1, -0.05) is 12.1 Å². The number of aryl methyl sites for hydroxylation is 2. The van der Waals surface area contributed by atoms with Crippen LogP contribution in [0.5, 0.6) is 0 Å². The number of carbonyl (C=O) groups excluding carboxylic acids is 1. The second kappa shape index (κ2) is 5.77. The third-order valence-corrected chi connectivity index (χ3v) is 3.19. The molecular weight excluding hydrogens is 252 g/mol. The molecule has 1 aromatic heterocycles. The van der Waals surface area contributed by atoms with Crippen LogP contribution < -0.4 is 10.6 Å². The van der Waals surface area contributed by atoms with Crippen molar-refractivity contribution in [3.05, 3.63) is 41.7 Å². The molecule has 0 radical (unpaired) electrons. The zero-order chi connectivity index (χ0) is 14.7. The van der Waals surface area contributed by atoms with Crippen LogP contribution in [0.15, 0.2) is 30.5 Å². The molecule has 0 aliphatic carbocycles. The van der Waals surface area contributed by atoms with E-state index < -0.39 is 0 Å². The first-order valence-electron chi connectivity index (χ1n) is 6.78. The maximum absolute atomic E-state index is 12.6. The number of amides is 1. The Labute approximate surface area is 119 Å². The molecule has 2 rings (SSSR count).